The van der Waals surface area contributed by atoms with Crippen molar-refractivity contribution in [1.29, 1.82) is 0 Å². The number of ether oxygens (including phenoxy) is 2. The van der Waals surface area contributed by atoms with E-state index in [1.165, 1.54) is 6.20 Å². The molecule has 12 nitrogen and oxygen atoms in total. The number of carbonyl (C=O) groups excluding carboxylic acids is 1. The Morgan fingerprint density at radius 1 is 1.04 bits per heavy atom. The zero-order chi connectivity index (χ0) is 34.4. The SMILES string of the molecule is COc1cc(N2CCC(CN3CCN(C(=O)OC(C)(C)C)CC3)CC2)ccc1Nc1ncc(Cl)c(Nc2ccccc2N(C)S(C)=O)n1. The van der Waals surface area contributed by atoms with Crippen LogP contribution in [0.15, 0.2) is 48.7 Å². The molecule has 0 bridgehead atoms. The zero-order valence-corrected chi connectivity index (χ0v) is 30.2. The van der Waals surface area contributed by atoms with Crippen LogP contribution in [-0.4, -0.2) is 102 Å². The fraction of sp³-hybridized carbons (Fsp3) is 0.500. The molecule has 0 spiro atoms. The number of hydrogen-bond donors (Lipinski definition) is 2. The highest BCUT2D eigenvalue weighted by atomic mass is 35.5. The van der Waals surface area contributed by atoms with E-state index in [-0.39, 0.29) is 6.09 Å². The van der Waals surface area contributed by atoms with E-state index in [1.807, 2.05) is 62.1 Å². The predicted molar refractivity (Wildman–Crippen MR) is 195 cm³/mol. The molecule has 2 fully saturated rings. The number of amides is 1. The number of aromatic nitrogens is 2. The minimum absolute atomic E-state index is 0.215. The molecule has 3 aromatic rings. The molecule has 2 aliphatic rings. The van der Waals surface area contributed by atoms with Crippen LogP contribution in [0.1, 0.15) is 33.6 Å². The Morgan fingerprint density at radius 2 is 1.75 bits per heavy atom. The summed E-state index contributed by atoms with van der Waals surface area (Å²) < 4.78 is 25.1. The number of piperidine rings is 1. The van der Waals surface area contributed by atoms with Crippen molar-refractivity contribution in [2.75, 3.05) is 86.1 Å². The van der Waals surface area contributed by atoms with Crippen molar-refractivity contribution in [3.63, 3.8) is 0 Å². The lowest BCUT2D eigenvalue weighted by Crippen LogP contribution is -2.51. The van der Waals surface area contributed by atoms with Crippen LogP contribution >= 0.6 is 11.6 Å². The highest BCUT2D eigenvalue weighted by Crippen LogP contribution is 2.35. The summed E-state index contributed by atoms with van der Waals surface area (Å²) in [6, 6.07) is 13.6. The number of nitrogens with zero attached hydrogens (tertiary/aromatic N) is 6. The number of rotatable bonds is 10. The first-order valence-corrected chi connectivity index (χ1v) is 18.2. The van der Waals surface area contributed by atoms with E-state index in [2.05, 4.69) is 36.5 Å². The summed E-state index contributed by atoms with van der Waals surface area (Å²) in [5.74, 6) is 2.08. The van der Waals surface area contributed by atoms with Crippen LogP contribution < -0.4 is 24.6 Å². The quantitative estimate of drug-likeness (QED) is 0.257. The number of benzene rings is 2. The fourth-order valence-electron chi connectivity index (χ4n) is 5.91. The largest absolute Gasteiger partial charge is 0.494 e. The van der Waals surface area contributed by atoms with Crippen LogP contribution in [0.2, 0.25) is 5.02 Å². The fourth-order valence-corrected chi connectivity index (χ4v) is 6.49. The van der Waals surface area contributed by atoms with Crippen molar-refractivity contribution >= 4 is 63.2 Å². The smallest absolute Gasteiger partial charge is 0.410 e. The number of carbonyl (C=O) groups is 1. The average Bonchev–Trinajstić information content (AvgIpc) is 3.06. The van der Waals surface area contributed by atoms with Crippen LogP contribution in [0.4, 0.5) is 39.3 Å². The highest BCUT2D eigenvalue weighted by Gasteiger charge is 2.28. The molecule has 0 saturated carbocycles. The first-order valence-electron chi connectivity index (χ1n) is 16.3. The molecular formula is C34H47ClN8O4S. The van der Waals surface area contributed by atoms with E-state index in [1.54, 1.807) is 24.7 Å². The maximum Gasteiger partial charge on any atom is 0.410 e. The standard InChI is InChI=1S/C34H47ClN8O4S/c1-34(2,3)47-33(44)43-19-17-41(18-20-43)23-24-13-15-42(16-14-24)25-11-12-28(30(21-25)46-5)38-32-36-22-26(35)31(39-32)37-27-9-7-8-10-29(27)40(4)48(6)45/h7-12,21-22,24H,13-20,23H2,1-6H3,(H2,36,37,38,39). The molecule has 260 valence electrons. The van der Waals surface area contributed by atoms with Gasteiger partial charge in [0.05, 0.1) is 30.4 Å². The number of nitrogens with one attached hydrogen (secondary N) is 2. The van der Waals surface area contributed by atoms with Gasteiger partial charge in [-0.25, -0.2) is 14.0 Å². The van der Waals surface area contributed by atoms with Crippen molar-refractivity contribution in [1.82, 2.24) is 19.8 Å². The van der Waals surface area contributed by atoms with E-state index < -0.39 is 16.6 Å². The van der Waals surface area contributed by atoms with Gasteiger partial charge in [-0.3, -0.25) is 9.21 Å². The van der Waals surface area contributed by atoms with Gasteiger partial charge in [0, 0.05) is 70.9 Å². The highest BCUT2D eigenvalue weighted by molar-refractivity contribution is 7.85. The van der Waals surface area contributed by atoms with E-state index >= 15 is 0 Å². The summed E-state index contributed by atoms with van der Waals surface area (Å²) in [4.78, 5) is 28.1. The zero-order valence-electron chi connectivity index (χ0n) is 28.7. The van der Waals surface area contributed by atoms with Crippen LogP contribution in [0.5, 0.6) is 5.75 Å². The van der Waals surface area contributed by atoms with Crippen molar-refractivity contribution in [2.24, 2.45) is 5.92 Å². The van der Waals surface area contributed by atoms with Gasteiger partial charge in [0.25, 0.3) is 0 Å². The third-order valence-corrected chi connectivity index (χ3v) is 9.82. The molecule has 3 heterocycles. The summed E-state index contributed by atoms with van der Waals surface area (Å²) >= 11 is 6.47. The molecule has 2 N–H and O–H groups in total. The van der Waals surface area contributed by atoms with Gasteiger partial charge in [-0.1, -0.05) is 23.7 Å². The van der Waals surface area contributed by atoms with Gasteiger partial charge in [0.15, 0.2) is 5.82 Å². The molecule has 0 aliphatic carbocycles. The van der Waals surface area contributed by atoms with Crippen molar-refractivity contribution < 1.29 is 18.5 Å². The maximum absolute atomic E-state index is 12.4. The number of hydrogen-bond acceptors (Lipinski definition) is 10. The maximum atomic E-state index is 12.4. The lowest BCUT2D eigenvalue weighted by Gasteiger charge is -2.39. The molecule has 1 amide bonds. The van der Waals surface area contributed by atoms with Crippen LogP contribution in [0.25, 0.3) is 0 Å². The number of para-hydroxylation sites is 2. The number of methoxy groups -OCH3 is 1. The molecule has 48 heavy (non-hydrogen) atoms. The minimum Gasteiger partial charge on any atom is -0.494 e. The Morgan fingerprint density at radius 3 is 2.42 bits per heavy atom. The van der Waals surface area contributed by atoms with Gasteiger partial charge in [0.2, 0.25) is 5.95 Å². The molecular weight excluding hydrogens is 652 g/mol. The molecule has 2 aliphatic heterocycles. The Labute approximate surface area is 291 Å². The van der Waals surface area contributed by atoms with Crippen molar-refractivity contribution in [2.45, 2.75) is 39.2 Å². The molecule has 5 rings (SSSR count). The first-order chi connectivity index (χ1) is 22.9. The normalized spacial score (nSPS) is 16.7. The second-order valence-electron chi connectivity index (χ2n) is 13.2. The lowest BCUT2D eigenvalue weighted by molar-refractivity contribution is 0.0130. The summed E-state index contributed by atoms with van der Waals surface area (Å²) in [6.45, 7) is 11.9. The summed E-state index contributed by atoms with van der Waals surface area (Å²) in [6.07, 6.45) is 5.16. The van der Waals surface area contributed by atoms with Gasteiger partial charge >= 0.3 is 6.09 Å². The summed E-state index contributed by atoms with van der Waals surface area (Å²) in [7, 11) is 2.22. The second-order valence-corrected chi connectivity index (χ2v) is 15.0. The number of piperazine rings is 1. The lowest BCUT2D eigenvalue weighted by atomic mass is 9.95. The average molecular weight is 699 g/mol. The van der Waals surface area contributed by atoms with Crippen LogP contribution in [0.3, 0.4) is 0 Å². The molecule has 1 aromatic heterocycles. The molecule has 2 aromatic carbocycles. The number of halogens is 1. The summed E-state index contributed by atoms with van der Waals surface area (Å²) in [5.41, 5.74) is 2.84. The second kappa shape index (κ2) is 15.6. The number of anilines is 6. The van der Waals surface area contributed by atoms with Gasteiger partial charge in [0.1, 0.15) is 27.4 Å². The van der Waals surface area contributed by atoms with Gasteiger partial charge in [-0.05, 0) is 63.8 Å². The predicted octanol–water partition coefficient (Wildman–Crippen LogP) is 6.12. The topological polar surface area (TPSA) is 115 Å². The molecule has 1 atom stereocenters. The monoisotopic (exact) mass is 698 g/mol. The Kier molecular flexibility index (Phi) is 11.5. The van der Waals surface area contributed by atoms with Crippen LogP contribution in [-0.2, 0) is 15.7 Å². The third-order valence-electron chi connectivity index (χ3n) is 8.58. The first kappa shape index (κ1) is 35.5. The van der Waals surface area contributed by atoms with Crippen molar-refractivity contribution in [3.05, 3.63) is 53.7 Å². The summed E-state index contributed by atoms with van der Waals surface area (Å²) in [5, 5.41) is 6.89. The van der Waals surface area contributed by atoms with Crippen LogP contribution in [0, 0.1) is 5.92 Å². The van der Waals surface area contributed by atoms with Gasteiger partial charge < -0.3 is 29.9 Å². The molecule has 14 heteroatoms. The minimum atomic E-state index is -1.20. The van der Waals surface area contributed by atoms with E-state index in [0.29, 0.717) is 47.2 Å². The van der Waals surface area contributed by atoms with Gasteiger partial charge in [-0.15, -0.1) is 0 Å². The van der Waals surface area contributed by atoms with Gasteiger partial charge in [-0.2, -0.15) is 4.98 Å². The Bertz CT molecular complexity index is 1590. The van der Waals surface area contributed by atoms with E-state index in [0.717, 1.165) is 62.6 Å². The van der Waals surface area contributed by atoms with Crippen molar-refractivity contribution in [3.8, 4) is 5.75 Å². The third kappa shape index (κ3) is 9.20. The van der Waals surface area contributed by atoms with E-state index in [4.69, 9.17) is 21.1 Å². The Balaban J connectivity index is 1.16. The molecule has 1 unspecified atom stereocenters. The molecule has 0 radical (unpaired) electrons. The molecule has 2 saturated heterocycles. The Hall–Kier alpha value is -3.81. The van der Waals surface area contributed by atoms with E-state index in [9.17, 15) is 9.00 Å².